The van der Waals surface area contributed by atoms with Gasteiger partial charge >= 0.3 is 0 Å². The van der Waals surface area contributed by atoms with Crippen molar-refractivity contribution in [3.05, 3.63) is 0 Å². The molecule has 12 heavy (non-hydrogen) atoms. The van der Waals surface area contributed by atoms with Crippen LogP contribution in [-0.2, 0) is 11.4 Å². The molecule has 0 aliphatic carbocycles. The van der Waals surface area contributed by atoms with Crippen molar-refractivity contribution in [2.45, 2.75) is 38.0 Å². The number of hydrogen-bond acceptors (Lipinski definition) is 3. The molecule has 0 amide bonds. The molecule has 1 heterocycles. The van der Waals surface area contributed by atoms with E-state index in [0.29, 0.717) is 6.04 Å². The second kappa shape index (κ2) is 4.46. The first kappa shape index (κ1) is 10.3. The lowest BCUT2D eigenvalue weighted by atomic mass is 10.1. The van der Waals surface area contributed by atoms with Crippen LogP contribution in [-0.4, -0.2) is 33.2 Å². The minimum Gasteiger partial charge on any atom is -0.598 e. The van der Waals surface area contributed by atoms with Crippen molar-refractivity contribution in [3.63, 3.8) is 0 Å². The third-order valence-corrected chi connectivity index (χ3v) is 3.84. The summed E-state index contributed by atoms with van der Waals surface area (Å²) in [5.41, 5.74) is 5.75. The first-order chi connectivity index (χ1) is 5.61. The number of hydrogen-bond donors (Lipinski definition) is 1. The zero-order valence-corrected chi connectivity index (χ0v) is 8.64. The van der Waals surface area contributed by atoms with Crippen molar-refractivity contribution in [1.29, 1.82) is 0 Å². The Morgan fingerprint density at radius 1 is 1.42 bits per heavy atom. The molecule has 1 saturated heterocycles. The minimum atomic E-state index is -0.795. The molecule has 3 nitrogen and oxygen atoms in total. The van der Waals surface area contributed by atoms with E-state index in [0.717, 1.165) is 25.9 Å². The van der Waals surface area contributed by atoms with E-state index in [2.05, 4.69) is 0 Å². The lowest BCUT2D eigenvalue weighted by molar-refractivity contribution is 0.317. The third kappa shape index (κ3) is 2.62. The highest BCUT2D eigenvalue weighted by molar-refractivity contribution is 7.89. The van der Waals surface area contributed by atoms with Crippen molar-refractivity contribution in [3.8, 4) is 0 Å². The van der Waals surface area contributed by atoms with E-state index in [9.17, 15) is 4.55 Å². The molecule has 72 valence electrons. The third-order valence-electron chi connectivity index (χ3n) is 2.16. The first-order valence-electron chi connectivity index (χ1n) is 4.52. The standard InChI is InChI=1S/C8H18N2OS/c1-7(2)12(11)10-5-3-8(9)4-6-10/h7-8H,3-6,9H2,1-2H3. The summed E-state index contributed by atoms with van der Waals surface area (Å²) in [5.74, 6) is 0. The van der Waals surface area contributed by atoms with Crippen molar-refractivity contribution >= 4 is 11.4 Å². The molecule has 1 aliphatic rings. The molecule has 4 heteroatoms. The van der Waals surface area contributed by atoms with Gasteiger partial charge in [-0.05, 0) is 26.7 Å². The Bertz CT molecular complexity index is 135. The highest BCUT2D eigenvalue weighted by Crippen LogP contribution is 2.15. The topological polar surface area (TPSA) is 52.3 Å². The van der Waals surface area contributed by atoms with E-state index in [1.807, 2.05) is 18.2 Å². The van der Waals surface area contributed by atoms with E-state index in [1.165, 1.54) is 0 Å². The molecule has 0 radical (unpaired) electrons. The van der Waals surface area contributed by atoms with Crippen LogP contribution < -0.4 is 5.73 Å². The zero-order chi connectivity index (χ0) is 9.14. The average Bonchev–Trinajstić information content (AvgIpc) is 2.04. The van der Waals surface area contributed by atoms with Crippen LogP contribution in [0.25, 0.3) is 0 Å². The predicted octanol–water partition coefficient (Wildman–Crippen LogP) is 0.482. The maximum Gasteiger partial charge on any atom is 0.130 e. The van der Waals surface area contributed by atoms with Crippen molar-refractivity contribution < 1.29 is 4.55 Å². The Hall–Kier alpha value is 0.230. The van der Waals surface area contributed by atoms with E-state index < -0.39 is 11.4 Å². The Labute approximate surface area is 77.6 Å². The fraction of sp³-hybridized carbons (Fsp3) is 1.00. The van der Waals surface area contributed by atoms with Crippen molar-refractivity contribution in [2.75, 3.05) is 13.1 Å². The molecule has 1 fully saturated rings. The van der Waals surface area contributed by atoms with Gasteiger partial charge in [0.25, 0.3) is 0 Å². The maximum absolute atomic E-state index is 11.6. The van der Waals surface area contributed by atoms with Crippen LogP contribution in [0, 0.1) is 0 Å². The second-order valence-electron chi connectivity index (χ2n) is 3.59. The average molecular weight is 190 g/mol. The maximum atomic E-state index is 11.6. The summed E-state index contributed by atoms with van der Waals surface area (Å²) in [4.78, 5) is 0. The van der Waals surface area contributed by atoms with Crippen LogP contribution in [0.3, 0.4) is 0 Å². The highest BCUT2D eigenvalue weighted by Gasteiger charge is 2.27. The number of rotatable bonds is 2. The largest absolute Gasteiger partial charge is 0.598 e. The normalized spacial score (nSPS) is 24.8. The van der Waals surface area contributed by atoms with Crippen LogP contribution in [0.2, 0.25) is 0 Å². The van der Waals surface area contributed by atoms with Crippen molar-refractivity contribution in [2.24, 2.45) is 5.73 Å². The lowest BCUT2D eigenvalue weighted by Crippen LogP contribution is -2.45. The lowest BCUT2D eigenvalue weighted by Gasteiger charge is -2.31. The van der Waals surface area contributed by atoms with Gasteiger partial charge in [-0.15, -0.1) is 4.31 Å². The minimum absolute atomic E-state index is 0.235. The summed E-state index contributed by atoms with van der Waals surface area (Å²) in [6, 6.07) is 0.324. The molecular weight excluding hydrogens is 172 g/mol. The van der Waals surface area contributed by atoms with Gasteiger partial charge in [-0.1, -0.05) is 0 Å². The van der Waals surface area contributed by atoms with Gasteiger partial charge in [-0.2, -0.15) is 0 Å². The monoisotopic (exact) mass is 190 g/mol. The van der Waals surface area contributed by atoms with E-state index in [1.54, 1.807) is 0 Å². The molecule has 0 saturated carbocycles. The smallest absolute Gasteiger partial charge is 0.130 e. The summed E-state index contributed by atoms with van der Waals surface area (Å²) in [5, 5.41) is 0.235. The van der Waals surface area contributed by atoms with E-state index >= 15 is 0 Å². The molecule has 2 N–H and O–H groups in total. The van der Waals surface area contributed by atoms with Gasteiger partial charge in [0.15, 0.2) is 0 Å². The van der Waals surface area contributed by atoms with Crippen LogP contribution >= 0.6 is 0 Å². The van der Waals surface area contributed by atoms with Gasteiger partial charge in [0.05, 0.1) is 0 Å². The predicted molar refractivity (Wildman–Crippen MR) is 52.1 cm³/mol. The second-order valence-corrected chi connectivity index (χ2v) is 5.60. The molecule has 1 rings (SSSR count). The van der Waals surface area contributed by atoms with Crippen molar-refractivity contribution in [1.82, 2.24) is 4.31 Å². The Balaban J connectivity index is 2.34. The van der Waals surface area contributed by atoms with Crippen LogP contribution in [0.4, 0.5) is 0 Å². The van der Waals surface area contributed by atoms with Gasteiger partial charge in [0, 0.05) is 30.5 Å². The molecule has 0 spiro atoms. The quantitative estimate of drug-likeness (QED) is 0.644. The number of nitrogens with zero attached hydrogens (tertiary/aromatic N) is 1. The van der Waals surface area contributed by atoms with Gasteiger partial charge < -0.3 is 10.3 Å². The number of nitrogens with two attached hydrogens (primary N) is 1. The Morgan fingerprint density at radius 3 is 2.33 bits per heavy atom. The molecule has 0 aromatic heterocycles. The summed E-state index contributed by atoms with van der Waals surface area (Å²) < 4.78 is 13.6. The molecule has 1 aliphatic heterocycles. The summed E-state index contributed by atoms with van der Waals surface area (Å²) in [7, 11) is 0. The summed E-state index contributed by atoms with van der Waals surface area (Å²) in [6.45, 7) is 5.77. The van der Waals surface area contributed by atoms with Gasteiger partial charge in [-0.25, -0.2) is 0 Å². The first-order valence-corrected chi connectivity index (χ1v) is 5.69. The van der Waals surface area contributed by atoms with Gasteiger partial charge in [-0.3, -0.25) is 0 Å². The molecule has 0 aromatic rings. The van der Waals surface area contributed by atoms with Gasteiger partial charge in [0.1, 0.15) is 5.25 Å². The Kier molecular flexibility index (Phi) is 3.83. The van der Waals surface area contributed by atoms with Crippen LogP contribution in [0.1, 0.15) is 26.7 Å². The highest BCUT2D eigenvalue weighted by atomic mass is 32.2. The fourth-order valence-electron chi connectivity index (χ4n) is 1.35. The van der Waals surface area contributed by atoms with E-state index in [-0.39, 0.29) is 5.25 Å². The van der Waals surface area contributed by atoms with E-state index in [4.69, 9.17) is 5.73 Å². The zero-order valence-electron chi connectivity index (χ0n) is 7.82. The molecule has 0 aromatic carbocycles. The molecular formula is C8H18N2OS. The van der Waals surface area contributed by atoms with Gasteiger partial charge in [0.2, 0.25) is 0 Å². The molecule has 1 unspecified atom stereocenters. The summed E-state index contributed by atoms with van der Waals surface area (Å²) >= 11 is -0.795. The number of piperidine rings is 1. The SMILES string of the molecule is CC(C)[S+]([O-])N1CCC(N)CC1. The summed E-state index contributed by atoms with van der Waals surface area (Å²) in [6.07, 6.45) is 1.97. The van der Waals surface area contributed by atoms with Crippen LogP contribution in [0.5, 0.6) is 0 Å². The molecule has 1 atom stereocenters. The van der Waals surface area contributed by atoms with Crippen LogP contribution in [0.15, 0.2) is 0 Å². The Morgan fingerprint density at radius 2 is 1.92 bits per heavy atom. The fourth-order valence-corrected chi connectivity index (χ4v) is 2.52. The molecule has 0 bridgehead atoms.